The van der Waals surface area contributed by atoms with E-state index in [9.17, 15) is 0 Å². The number of benzene rings is 11. The van der Waals surface area contributed by atoms with Gasteiger partial charge in [-0.3, -0.25) is 0 Å². The molecule has 0 N–H and O–H groups in total. The SMILES string of the molecule is c1ccc(C2(c3ccccc3)c3ccc(-c4ccc5ccc6cccc7ccc4c5c67)cc3-c3c2ccc2c(-c4cccc5ccccc45)cccc32)cc1. The van der Waals surface area contributed by atoms with Crippen LogP contribution in [-0.4, -0.2) is 0 Å². The van der Waals surface area contributed by atoms with E-state index in [4.69, 9.17) is 0 Å². The molecule has 1 aliphatic rings. The maximum Gasteiger partial charge on any atom is 0.0713 e. The zero-order valence-electron chi connectivity index (χ0n) is 30.1. The molecule has 0 saturated carbocycles. The van der Waals surface area contributed by atoms with Crippen LogP contribution in [0.5, 0.6) is 0 Å². The van der Waals surface area contributed by atoms with Gasteiger partial charge in [0.2, 0.25) is 0 Å². The Morgan fingerprint density at radius 2 is 0.818 bits per heavy atom. The molecule has 254 valence electrons. The lowest BCUT2D eigenvalue weighted by Crippen LogP contribution is -2.28. The Balaban J connectivity index is 1.19. The molecule has 0 heterocycles. The average Bonchev–Trinajstić information content (AvgIpc) is 3.56. The van der Waals surface area contributed by atoms with E-state index >= 15 is 0 Å². The van der Waals surface area contributed by atoms with Crippen molar-refractivity contribution in [3.05, 3.63) is 229 Å². The first kappa shape index (κ1) is 30.4. The fraction of sp³-hybridized carbons (Fsp3) is 0.0182. The van der Waals surface area contributed by atoms with Gasteiger partial charge in [0, 0.05) is 0 Å². The minimum atomic E-state index is -0.488. The minimum absolute atomic E-state index is 0.488. The van der Waals surface area contributed by atoms with Gasteiger partial charge in [0.05, 0.1) is 5.41 Å². The predicted octanol–water partition coefficient (Wildman–Crippen LogP) is 14.6. The summed E-state index contributed by atoms with van der Waals surface area (Å²) in [5, 5.41) is 13.0. The maximum atomic E-state index is 2.50. The van der Waals surface area contributed by atoms with Gasteiger partial charge in [0.15, 0.2) is 0 Å². The molecule has 0 heteroatoms. The Labute approximate surface area is 319 Å². The molecule has 0 radical (unpaired) electrons. The highest BCUT2D eigenvalue weighted by atomic mass is 14.5. The standard InChI is InChI=1S/C55H34/c1-3-16-40(17-4-1)55(41-18-5-2-6-19-41)50-32-28-39(43-29-26-38-25-24-36-14-9-15-37-27-30-48(43)53(38)52(36)37)34-49(50)54-47-23-11-22-45(46(47)31-33-51(54)55)44-21-10-13-35-12-7-8-20-42(35)44/h1-34H. The molecule has 1 aliphatic carbocycles. The van der Waals surface area contributed by atoms with Gasteiger partial charge in [-0.05, 0) is 116 Å². The topological polar surface area (TPSA) is 0 Å². The Bertz CT molecular complexity index is 3240. The summed E-state index contributed by atoms with van der Waals surface area (Å²) >= 11 is 0. The number of hydrogen-bond acceptors (Lipinski definition) is 0. The van der Waals surface area contributed by atoms with Gasteiger partial charge >= 0.3 is 0 Å². The lowest BCUT2D eigenvalue weighted by Gasteiger charge is -2.34. The van der Waals surface area contributed by atoms with Crippen molar-refractivity contribution in [3.8, 4) is 33.4 Å². The van der Waals surface area contributed by atoms with E-state index in [1.54, 1.807) is 0 Å². The highest BCUT2D eigenvalue weighted by Gasteiger charge is 2.46. The molecular weight excluding hydrogens is 661 g/mol. The second-order valence-corrected chi connectivity index (χ2v) is 15.1. The van der Waals surface area contributed by atoms with Gasteiger partial charge in [-0.1, -0.05) is 200 Å². The molecular formula is C55H34. The van der Waals surface area contributed by atoms with Crippen LogP contribution in [0.1, 0.15) is 22.3 Å². The van der Waals surface area contributed by atoms with E-state index in [0.717, 1.165) is 0 Å². The summed E-state index contributed by atoms with van der Waals surface area (Å²) < 4.78 is 0. The van der Waals surface area contributed by atoms with Crippen LogP contribution in [0.25, 0.3) is 87.2 Å². The van der Waals surface area contributed by atoms with Crippen molar-refractivity contribution in [1.29, 1.82) is 0 Å². The predicted molar refractivity (Wildman–Crippen MR) is 233 cm³/mol. The van der Waals surface area contributed by atoms with Crippen molar-refractivity contribution in [2.45, 2.75) is 5.41 Å². The van der Waals surface area contributed by atoms with Crippen LogP contribution in [0.15, 0.2) is 206 Å². The van der Waals surface area contributed by atoms with E-state index in [1.807, 2.05) is 0 Å². The maximum absolute atomic E-state index is 2.50. The third-order valence-corrected chi connectivity index (χ3v) is 12.5. The number of fused-ring (bicyclic) bond motifs is 6. The van der Waals surface area contributed by atoms with E-state index in [1.165, 1.54) is 109 Å². The van der Waals surface area contributed by atoms with Gasteiger partial charge < -0.3 is 0 Å². The van der Waals surface area contributed by atoms with E-state index in [0.29, 0.717) is 0 Å². The molecule has 0 nitrogen and oxygen atoms in total. The van der Waals surface area contributed by atoms with Gasteiger partial charge in [-0.2, -0.15) is 0 Å². The second kappa shape index (κ2) is 11.5. The van der Waals surface area contributed by atoms with Gasteiger partial charge in [0.25, 0.3) is 0 Å². The summed E-state index contributed by atoms with van der Waals surface area (Å²) in [7, 11) is 0. The molecule has 0 spiro atoms. The zero-order valence-corrected chi connectivity index (χ0v) is 30.1. The molecule has 0 amide bonds. The molecule has 11 aromatic carbocycles. The largest absolute Gasteiger partial charge is 0.0713 e. The van der Waals surface area contributed by atoms with Gasteiger partial charge in [0.1, 0.15) is 0 Å². The van der Waals surface area contributed by atoms with Crippen molar-refractivity contribution in [2.24, 2.45) is 0 Å². The number of hydrogen-bond donors (Lipinski definition) is 0. The van der Waals surface area contributed by atoms with Crippen LogP contribution >= 0.6 is 0 Å². The van der Waals surface area contributed by atoms with Crippen molar-refractivity contribution >= 4 is 53.9 Å². The minimum Gasteiger partial charge on any atom is -0.0622 e. The third-order valence-electron chi connectivity index (χ3n) is 12.5. The first-order valence-corrected chi connectivity index (χ1v) is 19.3. The molecule has 0 aromatic heterocycles. The van der Waals surface area contributed by atoms with E-state index in [-0.39, 0.29) is 0 Å². The summed E-state index contributed by atoms with van der Waals surface area (Å²) in [6.45, 7) is 0. The van der Waals surface area contributed by atoms with Crippen molar-refractivity contribution in [1.82, 2.24) is 0 Å². The fourth-order valence-electron chi connectivity index (χ4n) is 10.2. The lowest BCUT2D eigenvalue weighted by molar-refractivity contribution is 0.769. The lowest BCUT2D eigenvalue weighted by atomic mass is 9.67. The van der Waals surface area contributed by atoms with Crippen molar-refractivity contribution in [2.75, 3.05) is 0 Å². The molecule has 0 atom stereocenters. The molecule has 0 fully saturated rings. The van der Waals surface area contributed by atoms with Gasteiger partial charge in [-0.25, -0.2) is 0 Å². The quantitative estimate of drug-likeness (QED) is 0.161. The van der Waals surface area contributed by atoms with Gasteiger partial charge in [-0.15, -0.1) is 0 Å². The molecule has 0 bridgehead atoms. The van der Waals surface area contributed by atoms with Crippen LogP contribution in [-0.2, 0) is 5.41 Å². The summed E-state index contributed by atoms with van der Waals surface area (Å²) in [4.78, 5) is 0. The van der Waals surface area contributed by atoms with Crippen LogP contribution in [0.4, 0.5) is 0 Å². The number of rotatable bonds is 4. The van der Waals surface area contributed by atoms with Crippen LogP contribution < -0.4 is 0 Å². The fourth-order valence-corrected chi connectivity index (χ4v) is 10.2. The third kappa shape index (κ3) is 4.17. The Kier molecular flexibility index (Phi) is 6.36. The first-order valence-electron chi connectivity index (χ1n) is 19.3. The summed E-state index contributed by atoms with van der Waals surface area (Å²) in [5.74, 6) is 0. The van der Waals surface area contributed by atoms with Crippen LogP contribution in [0.3, 0.4) is 0 Å². The monoisotopic (exact) mass is 694 g/mol. The van der Waals surface area contributed by atoms with E-state index < -0.39 is 5.41 Å². The molecule has 0 saturated heterocycles. The summed E-state index contributed by atoms with van der Waals surface area (Å²) in [5.41, 5.74) is 12.4. The second-order valence-electron chi connectivity index (χ2n) is 15.1. The smallest absolute Gasteiger partial charge is 0.0622 e. The van der Waals surface area contributed by atoms with Crippen molar-refractivity contribution in [3.63, 3.8) is 0 Å². The van der Waals surface area contributed by atoms with E-state index in [2.05, 4.69) is 206 Å². The summed E-state index contributed by atoms with van der Waals surface area (Å²) in [6, 6.07) is 77.3. The Hall–Kier alpha value is -7.02. The summed E-state index contributed by atoms with van der Waals surface area (Å²) in [6.07, 6.45) is 0. The zero-order chi connectivity index (χ0) is 36.1. The highest BCUT2D eigenvalue weighted by molar-refractivity contribution is 6.25. The normalized spacial score (nSPS) is 13.2. The van der Waals surface area contributed by atoms with Crippen LogP contribution in [0, 0.1) is 0 Å². The molecule has 12 rings (SSSR count). The van der Waals surface area contributed by atoms with Crippen LogP contribution in [0.2, 0.25) is 0 Å². The first-order chi connectivity index (χ1) is 27.3. The Morgan fingerprint density at radius 1 is 0.273 bits per heavy atom. The molecule has 11 aromatic rings. The Morgan fingerprint density at radius 3 is 1.60 bits per heavy atom. The van der Waals surface area contributed by atoms with Crippen molar-refractivity contribution < 1.29 is 0 Å². The molecule has 0 aliphatic heterocycles. The average molecular weight is 695 g/mol. The highest BCUT2D eigenvalue weighted by Crippen LogP contribution is 2.59. The molecule has 55 heavy (non-hydrogen) atoms. The molecule has 0 unspecified atom stereocenters.